The zero-order valence-electron chi connectivity index (χ0n) is 12.0. The molecule has 0 saturated carbocycles. The smallest absolute Gasteiger partial charge is 0.130 e. The molecular weight excluding hydrogens is 226 g/mol. The van der Waals surface area contributed by atoms with E-state index in [0.717, 1.165) is 30.0 Å². The Hall–Kier alpha value is -1.22. The Balaban J connectivity index is 2.62. The minimum Gasteiger partial charge on any atom is -0.496 e. The SMILES string of the molecule is COc1cc(C)c(C2(C)CCCN2)c(OC)c1C. The Labute approximate surface area is 109 Å². The molecule has 0 bridgehead atoms. The maximum absolute atomic E-state index is 5.66. The number of hydrogen-bond donors (Lipinski definition) is 1. The average Bonchev–Trinajstić information content (AvgIpc) is 2.78. The maximum Gasteiger partial charge on any atom is 0.130 e. The summed E-state index contributed by atoms with van der Waals surface area (Å²) in [5.74, 6) is 1.86. The van der Waals surface area contributed by atoms with Crippen LogP contribution in [-0.2, 0) is 5.54 Å². The molecule has 0 aromatic heterocycles. The van der Waals surface area contributed by atoms with E-state index < -0.39 is 0 Å². The first kappa shape index (κ1) is 13.2. The molecule has 1 fully saturated rings. The topological polar surface area (TPSA) is 30.5 Å². The third kappa shape index (κ3) is 1.97. The van der Waals surface area contributed by atoms with Gasteiger partial charge >= 0.3 is 0 Å². The summed E-state index contributed by atoms with van der Waals surface area (Å²) in [5.41, 5.74) is 3.61. The van der Waals surface area contributed by atoms with E-state index >= 15 is 0 Å². The molecule has 2 rings (SSSR count). The number of hydrogen-bond acceptors (Lipinski definition) is 3. The van der Waals surface area contributed by atoms with Gasteiger partial charge in [-0.1, -0.05) is 0 Å². The normalized spacial score (nSPS) is 23.2. The highest BCUT2D eigenvalue weighted by molar-refractivity contribution is 5.56. The quantitative estimate of drug-likeness (QED) is 0.893. The van der Waals surface area contributed by atoms with Crippen molar-refractivity contribution in [2.24, 2.45) is 0 Å². The Morgan fingerprint density at radius 3 is 2.44 bits per heavy atom. The molecule has 1 N–H and O–H groups in total. The molecule has 1 aromatic rings. The number of benzene rings is 1. The van der Waals surface area contributed by atoms with Crippen molar-refractivity contribution in [3.8, 4) is 11.5 Å². The Bertz CT molecular complexity index is 448. The van der Waals surface area contributed by atoms with Crippen LogP contribution < -0.4 is 14.8 Å². The second-order valence-corrected chi connectivity index (χ2v) is 5.29. The molecule has 1 saturated heterocycles. The van der Waals surface area contributed by atoms with Crippen LogP contribution in [0.2, 0.25) is 0 Å². The van der Waals surface area contributed by atoms with Crippen LogP contribution in [0, 0.1) is 13.8 Å². The molecule has 1 aromatic carbocycles. The molecule has 1 unspecified atom stereocenters. The zero-order valence-corrected chi connectivity index (χ0v) is 12.0. The maximum atomic E-state index is 5.66. The van der Waals surface area contributed by atoms with Gasteiger partial charge in [-0.25, -0.2) is 0 Å². The van der Waals surface area contributed by atoms with Crippen LogP contribution in [0.5, 0.6) is 11.5 Å². The van der Waals surface area contributed by atoms with Gasteiger partial charge in [0, 0.05) is 16.7 Å². The first-order valence-electron chi connectivity index (χ1n) is 6.51. The molecule has 1 aliphatic rings. The van der Waals surface area contributed by atoms with E-state index in [2.05, 4.69) is 32.2 Å². The molecule has 100 valence electrons. The molecule has 0 aliphatic carbocycles. The van der Waals surface area contributed by atoms with Crippen LogP contribution in [0.15, 0.2) is 6.07 Å². The molecule has 3 heteroatoms. The fourth-order valence-corrected chi connectivity index (χ4v) is 3.12. The minimum absolute atomic E-state index is 0.0203. The highest BCUT2D eigenvalue weighted by atomic mass is 16.5. The lowest BCUT2D eigenvalue weighted by atomic mass is 9.85. The van der Waals surface area contributed by atoms with Gasteiger partial charge in [-0.3, -0.25) is 0 Å². The van der Waals surface area contributed by atoms with Crippen molar-refractivity contribution >= 4 is 0 Å². The van der Waals surface area contributed by atoms with Gasteiger partial charge in [-0.05, 0) is 51.8 Å². The van der Waals surface area contributed by atoms with E-state index in [-0.39, 0.29) is 5.54 Å². The van der Waals surface area contributed by atoms with Gasteiger partial charge < -0.3 is 14.8 Å². The van der Waals surface area contributed by atoms with Crippen molar-refractivity contribution in [2.45, 2.75) is 39.2 Å². The van der Waals surface area contributed by atoms with E-state index in [1.54, 1.807) is 14.2 Å². The second-order valence-electron chi connectivity index (χ2n) is 5.29. The van der Waals surface area contributed by atoms with Crippen molar-refractivity contribution in [3.05, 3.63) is 22.8 Å². The molecule has 1 atom stereocenters. The van der Waals surface area contributed by atoms with Crippen molar-refractivity contribution in [1.82, 2.24) is 5.32 Å². The van der Waals surface area contributed by atoms with E-state index in [4.69, 9.17) is 9.47 Å². The highest BCUT2D eigenvalue weighted by Gasteiger charge is 2.35. The number of rotatable bonds is 3. The number of nitrogens with one attached hydrogen (secondary N) is 1. The summed E-state index contributed by atoms with van der Waals surface area (Å²) in [6, 6.07) is 2.11. The Morgan fingerprint density at radius 2 is 1.94 bits per heavy atom. The fourth-order valence-electron chi connectivity index (χ4n) is 3.12. The summed E-state index contributed by atoms with van der Waals surface area (Å²) < 4.78 is 11.1. The zero-order chi connectivity index (χ0) is 13.3. The molecule has 0 amide bonds. The lowest BCUT2D eigenvalue weighted by Crippen LogP contribution is -2.34. The number of ether oxygens (including phenoxy) is 2. The van der Waals surface area contributed by atoms with Gasteiger partial charge in [0.25, 0.3) is 0 Å². The van der Waals surface area contributed by atoms with Gasteiger partial charge in [-0.2, -0.15) is 0 Å². The van der Waals surface area contributed by atoms with Crippen molar-refractivity contribution in [3.63, 3.8) is 0 Å². The lowest BCUT2D eigenvalue weighted by Gasteiger charge is -2.30. The summed E-state index contributed by atoms with van der Waals surface area (Å²) in [7, 11) is 3.44. The third-order valence-corrected chi connectivity index (χ3v) is 4.02. The van der Waals surface area contributed by atoms with Crippen LogP contribution in [-0.4, -0.2) is 20.8 Å². The van der Waals surface area contributed by atoms with E-state index in [0.29, 0.717) is 0 Å². The van der Waals surface area contributed by atoms with Gasteiger partial charge in [-0.15, -0.1) is 0 Å². The molecule has 1 heterocycles. The van der Waals surface area contributed by atoms with E-state index in [1.807, 2.05) is 0 Å². The molecular formula is C15H23NO2. The van der Waals surface area contributed by atoms with Crippen LogP contribution in [0.4, 0.5) is 0 Å². The fraction of sp³-hybridized carbons (Fsp3) is 0.600. The summed E-state index contributed by atoms with van der Waals surface area (Å²) in [5, 5.41) is 3.61. The summed E-state index contributed by atoms with van der Waals surface area (Å²) in [4.78, 5) is 0. The molecule has 1 aliphatic heterocycles. The molecule has 18 heavy (non-hydrogen) atoms. The van der Waals surface area contributed by atoms with Gasteiger partial charge in [0.1, 0.15) is 11.5 Å². The first-order chi connectivity index (χ1) is 8.53. The average molecular weight is 249 g/mol. The van der Waals surface area contributed by atoms with Gasteiger partial charge in [0.05, 0.1) is 14.2 Å². The van der Waals surface area contributed by atoms with Crippen LogP contribution in [0.1, 0.15) is 36.5 Å². The third-order valence-electron chi connectivity index (χ3n) is 4.02. The Morgan fingerprint density at radius 1 is 1.22 bits per heavy atom. The molecule has 3 nitrogen and oxygen atoms in total. The van der Waals surface area contributed by atoms with Gasteiger partial charge in [0.2, 0.25) is 0 Å². The number of aryl methyl sites for hydroxylation is 1. The van der Waals surface area contributed by atoms with Gasteiger partial charge in [0.15, 0.2) is 0 Å². The van der Waals surface area contributed by atoms with Crippen LogP contribution in [0.25, 0.3) is 0 Å². The van der Waals surface area contributed by atoms with Crippen molar-refractivity contribution in [2.75, 3.05) is 20.8 Å². The minimum atomic E-state index is 0.0203. The monoisotopic (exact) mass is 249 g/mol. The highest BCUT2D eigenvalue weighted by Crippen LogP contribution is 2.43. The lowest BCUT2D eigenvalue weighted by molar-refractivity contribution is 0.357. The van der Waals surface area contributed by atoms with Crippen LogP contribution in [0.3, 0.4) is 0 Å². The second kappa shape index (κ2) is 4.81. The summed E-state index contributed by atoms with van der Waals surface area (Å²) >= 11 is 0. The van der Waals surface area contributed by atoms with Crippen molar-refractivity contribution < 1.29 is 9.47 Å². The largest absolute Gasteiger partial charge is 0.496 e. The van der Waals surface area contributed by atoms with Crippen molar-refractivity contribution in [1.29, 1.82) is 0 Å². The number of methoxy groups -OCH3 is 2. The molecule has 0 spiro atoms. The summed E-state index contributed by atoms with van der Waals surface area (Å²) in [6.07, 6.45) is 2.36. The predicted octanol–water partition coefficient (Wildman–Crippen LogP) is 2.92. The van der Waals surface area contributed by atoms with E-state index in [1.165, 1.54) is 17.5 Å². The Kier molecular flexibility index (Phi) is 3.53. The predicted molar refractivity (Wildman–Crippen MR) is 73.6 cm³/mol. The first-order valence-corrected chi connectivity index (χ1v) is 6.51. The molecule has 0 radical (unpaired) electrons. The van der Waals surface area contributed by atoms with Crippen LogP contribution >= 0.6 is 0 Å². The summed E-state index contributed by atoms with van der Waals surface area (Å²) in [6.45, 7) is 7.52. The standard InChI is InChI=1S/C15H23NO2/c1-10-9-12(17-4)11(2)14(18-5)13(10)15(3)7-6-8-16-15/h9,16H,6-8H2,1-5H3. The van der Waals surface area contributed by atoms with E-state index in [9.17, 15) is 0 Å².